The van der Waals surface area contributed by atoms with Crippen LogP contribution >= 0.6 is 0 Å². The van der Waals surface area contributed by atoms with Crippen LogP contribution in [0.5, 0.6) is 0 Å². The second-order valence-electron chi connectivity index (χ2n) is 5.30. The molecule has 4 fully saturated rings. The largest absolute Gasteiger partial charge is 0.541 e. The summed E-state index contributed by atoms with van der Waals surface area (Å²) < 4.78 is 0. The van der Waals surface area contributed by atoms with E-state index >= 15 is 0 Å². The fraction of sp³-hybridized carbons (Fsp3) is 0.909. The fourth-order valence-corrected chi connectivity index (χ4v) is 4.24. The Bertz CT molecular complexity index is 189. The third-order valence-corrected chi connectivity index (χ3v) is 4.25. The molecule has 0 aromatic carbocycles. The second-order valence-corrected chi connectivity index (χ2v) is 5.30. The molecule has 1 nitrogen and oxygen atoms in total. The smallest absolute Gasteiger partial charge is 0 e. The normalized spacial score (nSPS) is 51.5. The van der Waals surface area contributed by atoms with Gasteiger partial charge >= 0.3 is 0 Å². The van der Waals surface area contributed by atoms with Gasteiger partial charge in [-0.2, -0.15) is 0 Å². The van der Waals surface area contributed by atoms with E-state index in [9.17, 15) is 4.79 Å². The summed E-state index contributed by atoms with van der Waals surface area (Å²) in [6, 6.07) is 0. The molecule has 0 aliphatic heterocycles. The topological polar surface area (TPSA) is 17.1 Å². The number of hydrogen-bond donors (Lipinski definition) is 0. The van der Waals surface area contributed by atoms with E-state index in [0.717, 1.165) is 17.8 Å². The minimum atomic E-state index is 0. The van der Waals surface area contributed by atoms with Gasteiger partial charge in [0.25, 0.3) is 0 Å². The van der Waals surface area contributed by atoms with Gasteiger partial charge in [0.1, 0.15) is 0 Å². The SMILES string of the molecule is O=[C-]C12CC3CC(CC(C3)C1)C2.[Re]. The first-order chi connectivity index (χ1) is 5.80. The summed E-state index contributed by atoms with van der Waals surface area (Å²) in [6.07, 6.45) is 10.1. The van der Waals surface area contributed by atoms with Crippen molar-refractivity contribution >= 4 is 6.29 Å². The Kier molecular flexibility index (Phi) is 2.41. The van der Waals surface area contributed by atoms with Gasteiger partial charge in [0, 0.05) is 20.4 Å². The third-order valence-electron chi connectivity index (χ3n) is 4.25. The summed E-state index contributed by atoms with van der Waals surface area (Å²) in [5.74, 6) is 2.66. The predicted octanol–water partition coefficient (Wildman–Crippen LogP) is 2.31. The molecule has 4 aliphatic rings. The summed E-state index contributed by atoms with van der Waals surface area (Å²) in [4.78, 5) is 10.9. The predicted molar refractivity (Wildman–Crippen MR) is 46.3 cm³/mol. The Balaban J connectivity index is 0.000000653. The number of carbonyl (C=O) groups excluding carboxylic acids is 1. The van der Waals surface area contributed by atoms with E-state index in [-0.39, 0.29) is 25.8 Å². The minimum Gasteiger partial charge on any atom is -0.541 e. The molecule has 0 aromatic rings. The van der Waals surface area contributed by atoms with Gasteiger partial charge in [-0.1, -0.05) is 19.3 Å². The molecule has 0 heterocycles. The van der Waals surface area contributed by atoms with Crippen molar-refractivity contribution in [2.24, 2.45) is 23.2 Å². The average Bonchev–Trinajstić information content (AvgIpc) is 2.02. The molecule has 13 heavy (non-hydrogen) atoms. The van der Waals surface area contributed by atoms with Crippen LogP contribution in [0.4, 0.5) is 0 Å². The maximum atomic E-state index is 10.9. The van der Waals surface area contributed by atoms with E-state index in [1.54, 1.807) is 0 Å². The zero-order valence-electron chi connectivity index (χ0n) is 7.76. The standard InChI is InChI=1S/C11H15O.Re/c12-7-11-4-8-1-9(5-11)3-10(2-8)6-11;/h8-10H,1-6H2;/q-1;. The van der Waals surface area contributed by atoms with Crippen molar-refractivity contribution in [3.05, 3.63) is 0 Å². The van der Waals surface area contributed by atoms with Crippen LogP contribution in [0.1, 0.15) is 38.5 Å². The van der Waals surface area contributed by atoms with Crippen LogP contribution in [0.3, 0.4) is 0 Å². The van der Waals surface area contributed by atoms with Gasteiger partial charge in [0.15, 0.2) is 0 Å². The third kappa shape index (κ3) is 1.43. The Morgan fingerprint density at radius 2 is 1.31 bits per heavy atom. The molecule has 0 spiro atoms. The zero-order valence-corrected chi connectivity index (χ0v) is 10.5. The first-order valence-electron chi connectivity index (χ1n) is 5.19. The molecule has 4 saturated carbocycles. The van der Waals surface area contributed by atoms with Gasteiger partial charge in [-0.15, -0.1) is 5.41 Å². The first kappa shape index (κ1) is 9.87. The molecule has 0 saturated heterocycles. The summed E-state index contributed by atoms with van der Waals surface area (Å²) in [5, 5.41) is 0. The van der Waals surface area contributed by atoms with Gasteiger partial charge in [-0.3, -0.25) is 6.29 Å². The van der Waals surface area contributed by atoms with Crippen molar-refractivity contribution < 1.29 is 25.2 Å². The van der Waals surface area contributed by atoms with Crippen molar-refractivity contribution in [2.75, 3.05) is 0 Å². The van der Waals surface area contributed by atoms with Crippen LogP contribution in [-0.2, 0) is 25.2 Å². The van der Waals surface area contributed by atoms with Gasteiger partial charge in [0.05, 0.1) is 0 Å². The van der Waals surface area contributed by atoms with E-state index in [0.29, 0.717) is 0 Å². The van der Waals surface area contributed by atoms with Crippen LogP contribution in [0.25, 0.3) is 0 Å². The second kappa shape index (κ2) is 3.18. The van der Waals surface area contributed by atoms with E-state index in [1.165, 1.54) is 38.5 Å². The molecule has 4 aliphatic carbocycles. The van der Waals surface area contributed by atoms with Crippen LogP contribution in [0, 0.1) is 23.2 Å². The fourth-order valence-electron chi connectivity index (χ4n) is 4.24. The quantitative estimate of drug-likeness (QED) is 0.664. The van der Waals surface area contributed by atoms with Crippen LogP contribution in [0.2, 0.25) is 0 Å². The van der Waals surface area contributed by atoms with Gasteiger partial charge < -0.3 is 4.79 Å². The molecule has 0 N–H and O–H groups in total. The molecule has 4 bridgehead atoms. The van der Waals surface area contributed by atoms with Crippen LogP contribution in [-0.4, -0.2) is 6.29 Å². The van der Waals surface area contributed by atoms with Crippen molar-refractivity contribution in [3.63, 3.8) is 0 Å². The van der Waals surface area contributed by atoms with Gasteiger partial charge in [-0.05, 0) is 37.0 Å². The molecule has 0 aromatic heterocycles. The Morgan fingerprint density at radius 1 is 0.923 bits per heavy atom. The molecular formula is C11H15ORe-. The first-order valence-corrected chi connectivity index (χ1v) is 5.19. The van der Waals surface area contributed by atoms with Crippen molar-refractivity contribution in [2.45, 2.75) is 38.5 Å². The zero-order chi connectivity index (χ0) is 8.18. The summed E-state index contributed by atoms with van der Waals surface area (Å²) in [5.41, 5.74) is 0.0365. The molecular weight excluding hydrogens is 334 g/mol. The number of rotatable bonds is 1. The molecule has 0 atom stereocenters. The Labute approximate surface area is 93.3 Å². The van der Waals surface area contributed by atoms with Gasteiger partial charge in [-0.25, -0.2) is 0 Å². The summed E-state index contributed by atoms with van der Waals surface area (Å²) in [6.45, 7) is 0. The van der Waals surface area contributed by atoms with Crippen LogP contribution < -0.4 is 0 Å². The van der Waals surface area contributed by atoms with Gasteiger partial charge in [0.2, 0.25) is 0 Å². The average molecular weight is 349 g/mol. The minimum absolute atomic E-state index is 0. The monoisotopic (exact) mass is 350 g/mol. The van der Waals surface area contributed by atoms with E-state index < -0.39 is 0 Å². The Morgan fingerprint density at radius 3 is 1.62 bits per heavy atom. The van der Waals surface area contributed by atoms with E-state index in [4.69, 9.17) is 0 Å². The molecule has 1 radical (unpaired) electrons. The molecule has 73 valence electrons. The Hall–Kier alpha value is 0.332. The van der Waals surface area contributed by atoms with Crippen LogP contribution in [0.15, 0.2) is 0 Å². The number of hydrogen-bond acceptors (Lipinski definition) is 1. The maximum Gasteiger partial charge on any atom is 0 e. The van der Waals surface area contributed by atoms with Crippen molar-refractivity contribution in [3.8, 4) is 0 Å². The molecule has 0 unspecified atom stereocenters. The molecule has 0 amide bonds. The molecule has 4 rings (SSSR count). The van der Waals surface area contributed by atoms with E-state index in [1.807, 2.05) is 0 Å². The van der Waals surface area contributed by atoms with Crippen molar-refractivity contribution in [1.29, 1.82) is 0 Å². The summed E-state index contributed by atoms with van der Waals surface area (Å²) in [7, 11) is 0. The van der Waals surface area contributed by atoms with E-state index in [2.05, 4.69) is 6.29 Å². The summed E-state index contributed by atoms with van der Waals surface area (Å²) >= 11 is 0. The van der Waals surface area contributed by atoms with Crippen molar-refractivity contribution in [1.82, 2.24) is 0 Å². The molecule has 2 heteroatoms. The maximum absolute atomic E-state index is 10.9.